The van der Waals surface area contributed by atoms with Crippen LogP contribution < -0.4 is 5.32 Å². The molecule has 0 atom stereocenters. The van der Waals surface area contributed by atoms with Crippen molar-refractivity contribution < 1.29 is 9.59 Å². The lowest BCUT2D eigenvalue weighted by Crippen LogP contribution is -2.32. The summed E-state index contributed by atoms with van der Waals surface area (Å²) in [5.41, 5.74) is 6.44. The standard InChI is InChI=1S/C26H25N3O2/c1-4-19-8-11-22(12-9-19)28-24-23(21-10-7-17(2)18(3)14-21)25(30)29(26(24)31)16-20-6-5-13-27-15-20/h5-15,28H,4,16H2,1-3H3. The van der Waals surface area contributed by atoms with Crippen LogP contribution in [0.1, 0.15) is 34.7 Å². The normalized spacial score (nSPS) is 13.8. The topological polar surface area (TPSA) is 62.3 Å². The van der Waals surface area contributed by atoms with Gasteiger partial charge < -0.3 is 5.32 Å². The van der Waals surface area contributed by atoms with Crippen molar-refractivity contribution >= 4 is 23.1 Å². The molecule has 156 valence electrons. The maximum Gasteiger partial charge on any atom is 0.278 e. The second-order valence-corrected chi connectivity index (χ2v) is 7.78. The molecule has 1 aromatic heterocycles. The molecular weight excluding hydrogens is 386 g/mol. The summed E-state index contributed by atoms with van der Waals surface area (Å²) in [6, 6.07) is 17.4. The lowest BCUT2D eigenvalue weighted by Gasteiger charge is -2.15. The van der Waals surface area contributed by atoms with E-state index in [4.69, 9.17) is 0 Å². The Morgan fingerprint density at radius 1 is 0.903 bits per heavy atom. The minimum absolute atomic E-state index is 0.180. The van der Waals surface area contributed by atoms with Gasteiger partial charge in [-0.1, -0.05) is 43.3 Å². The Labute approximate surface area is 182 Å². The van der Waals surface area contributed by atoms with Crippen LogP contribution in [0.15, 0.2) is 72.7 Å². The zero-order chi connectivity index (χ0) is 22.0. The molecule has 5 heteroatoms. The summed E-state index contributed by atoms with van der Waals surface area (Å²) in [5, 5.41) is 3.22. The molecule has 2 heterocycles. The van der Waals surface area contributed by atoms with E-state index in [-0.39, 0.29) is 18.4 Å². The fourth-order valence-corrected chi connectivity index (χ4v) is 3.64. The summed E-state index contributed by atoms with van der Waals surface area (Å²) < 4.78 is 0. The Kier molecular flexibility index (Phi) is 5.67. The molecule has 0 saturated carbocycles. The van der Waals surface area contributed by atoms with Crippen molar-refractivity contribution in [3.8, 4) is 0 Å². The molecule has 2 amide bonds. The molecule has 0 fully saturated rings. The largest absolute Gasteiger partial charge is 0.350 e. The summed E-state index contributed by atoms with van der Waals surface area (Å²) in [6.45, 7) is 6.31. The molecule has 0 unspecified atom stereocenters. The Bertz CT molecular complexity index is 1170. The molecule has 5 nitrogen and oxygen atoms in total. The average molecular weight is 412 g/mol. The van der Waals surface area contributed by atoms with Crippen LogP contribution in [0.25, 0.3) is 5.57 Å². The van der Waals surface area contributed by atoms with E-state index in [9.17, 15) is 9.59 Å². The van der Waals surface area contributed by atoms with Crippen LogP contribution in [0.5, 0.6) is 0 Å². The van der Waals surface area contributed by atoms with Crippen LogP contribution in [0.2, 0.25) is 0 Å². The fraction of sp³-hybridized carbons (Fsp3) is 0.192. The van der Waals surface area contributed by atoms with Gasteiger partial charge in [0.15, 0.2) is 0 Å². The van der Waals surface area contributed by atoms with E-state index in [1.165, 1.54) is 10.5 Å². The third-order valence-electron chi connectivity index (χ3n) is 5.66. The molecular formula is C26H25N3O2. The van der Waals surface area contributed by atoms with Crippen molar-refractivity contribution in [1.29, 1.82) is 0 Å². The molecule has 0 bridgehead atoms. The van der Waals surface area contributed by atoms with E-state index in [1.807, 2.05) is 62.4 Å². The first-order chi connectivity index (χ1) is 15.0. The highest BCUT2D eigenvalue weighted by Gasteiger charge is 2.39. The second-order valence-electron chi connectivity index (χ2n) is 7.78. The van der Waals surface area contributed by atoms with Crippen LogP contribution in [-0.4, -0.2) is 21.7 Å². The van der Waals surface area contributed by atoms with E-state index in [2.05, 4.69) is 17.2 Å². The molecule has 31 heavy (non-hydrogen) atoms. The van der Waals surface area contributed by atoms with Gasteiger partial charge in [-0.15, -0.1) is 0 Å². The summed E-state index contributed by atoms with van der Waals surface area (Å²) in [5.74, 6) is -0.633. The summed E-state index contributed by atoms with van der Waals surface area (Å²) in [7, 11) is 0. The number of anilines is 1. The molecule has 0 saturated heterocycles. The minimum atomic E-state index is -0.332. The van der Waals surface area contributed by atoms with Gasteiger partial charge in [-0.05, 0) is 66.3 Å². The van der Waals surface area contributed by atoms with E-state index < -0.39 is 0 Å². The van der Waals surface area contributed by atoms with E-state index in [0.717, 1.165) is 34.4 Å². The van der Waals surface area contributed by atoms with E-state index >= 15 is 0 Å². The summed E-state index contributed by atoms with van der Waals surface area (Å²) >= 11 is 0. The predicted molar refractivity (Wildman–Crippen MR) is 122 cm³/mol. The number of pyridine rings is 1. The SMILES string of the molecule is CCc1ccc(NC2=C(c3ccc(C)c(C)c3)C(=O)N(Cc3cccnc3)C2=O)cc1. The highest BCUT2D eigenvalue weighted by Crippen LogP contribution is 2.32. The fourth-order valence-electron chi connectivity index (χ4n) is 3.64. The highest BCUT2D eigenvalue weighted by molar-refractivity contribution is 6.36. The number of aromatic nitrogens is 1. The lowest BCUT2D eigenvalue weighted by atomic mass is 9.99. The number of amides is 2. The van der Waals surface area contributed by atoms with Gasteiger partial charge in [0, 0.05) is 18.1 Å². The zero-order valence-electron chi connectivity index (χ0n) is 18.0. The van der Waals surface area contributed by atoms with Crippen LogP contribution >= 0.6 is 0 Å². The molecule has 0 aliphatic carbocycles. The van der Waals surface area contributed by atoms with Crippen LogP contribution in [0.3, 0.4) is 0 Å². The molecule has 1 aliphatic rings. The molecule has 2 aromatic carbocycles. The van der Waals surface area contributed by atoms with Gasteiger partial charge >= 0.3 is 0 Å². The number of carbonyl (C=O) groups is 2. The van der Waals surface area contributed by atoms with Gasteiger partial charge in [0.25, 0.3) is 11.8 Å². The van der Waals surface area contributed by atoms with Crippen molar-refractivity contribution in [3.05, 3.63) is 101 Å². The third-order valence-corrected chi connectivity index (χ3v) is 5.66. The Morgan fingerprint density at radius 3 is 2.32 bits per heavy atom. The van der Waals surface area contributed by atoms with Crippen molar-refractivity contribution in [3.63, 3.8) is 0 Å². The molecule has 4 rings (SSSR count). The maximum absolute atomic E-state index is 13.4. The summed E-state index contributed by atoms with van der Waals surface area (Å²) in [6.07, 6.45) is 4.28. The Hall–Kier alpha value is -3.73. The van der Waals surface area contributed by atoms with Gasteiger partial charge in [0.1, 0.15) is 5.70 Å². The first-order valence-corrected chi connectivity index (χ1v) is 10.4. The monoisotopic (exact) mass is 411 g/mol. The Balaban J connectivity index is 1.75. The quantitative estimate of drug-likeness (QED) is 0.600. The average Bonchev–Trinajstić information content (AvgIpc) is 3.01. The maximum atomic E-state index is 13.4. The molecule has 0 spiro atoms. The van der Waals surface area contributed by atoms with Gasteiger partial charge in [-0.25, -0.2) is 0 Å². The number of carbonyl (C=O) groups excluding carboxylic acids is 2. The second kappa shape index (κ2) is 8.56. The lowest BCUT2D eigenvalue weighted by molar-refractivity contribution is -0.137. The zero-order valence-corrected chi connectivity index (χ0v) is 18.0. The molecule has 0 radical (unpaired) electrons. The predicted octanol–water partition coefficient (Wildman–Crippen LogP) is 4.65. The minimum Gasteiger partial charge on any atom is -0.350 e. The number of aryl methyl sites for hydroxylation is 3. The van der Waals surface area contributed by atoms with Gasteiger partial charge in [0.2, 0.25) is 0 Å². The Morgan fingerprint density at radius 2 is 1.68 bits per heavy atom. The van der Waals surface area contributed by atoms with Crippen LogP contribution in [-0.2, 0) is 22.6 Å². The first kappa shape index (κ1) is 20.5. The van der Waals surface area contributed by atoms with Crippen molar-refractivity contribution in [2.24, 2.45) is 0 Å². The third kappa shape index (κ3) is 4.12. The van der Waals surface area contributed by atoms with E-state index in [0.29, 0.717) is 11.3 Å². The smallest absolute Gasteiger partial charge is 0.278 e. The summed E-state index contributed by atoms with van der Waals surface area (Å²) in [4.78, 5) is 32.1. The van der Waals surface area contributed by atoms with Crippen molar-refractivity contribution in [1.82, 2.24) is 9.88 Å². The number of hydrogen-bond acceptors (Lipinski definition) is 4. The van der Waals surface area contributed by atoms with Crippen molar-refractivity contribution in [2.45, 2.75) is 33.7 Å². The van der Waals surface area contributed by atoms with Gasteiger partial charge in [0.05, 0.1) is 12.1 Å². The molecule has 1 aliphatic heterocycles. The number of hydrogen-bond donors (Lipinski definition) is 1. The number of rotatable bonds is 6. The number of imide groups is 1. The molecule has 1 N–H and O–H groups in total. The van der Waals surface area contributed by atoms with Crippen LogP contribution in [0, 0.1) is 13.8 Å². The van der Waals surface area contributed by atoms with E-state index in [1.54, 1.807) is 18.5 Å². The highest BCUT2D eigenvalue weighted by atomic mass is 16.2. The molecule has 3 aromatic rings. The first-order valence-electron chi connectivity index (χ1n) is 10.4. The van der Waals surface area contributed by atoms with Crippen molar-refractivity contribution in [2.75, 3.05) is 5.32 Å². The number of nitrogens with one attached hydrogen (secondary N) is 1. The number of nitrogens with zero attached hydrogens (tertiary/aromatic N) is 2. The van der Waals surface area contributed by atoms with Gasteiger partial charge in [-0.3, -0.25) is 19.5 Å². The number of benzene rings is 2. The van der Waals surface area contributed by atoms with Crippen LogP contribution in [0.4, 0.5) is 5.69 Å². The van der Waals surface area contributed by atoms with Gasteiger partial charge in [-0.2, -0.15) is 0 Å².